The van der Waals surface area contributed by atoms with E-state index in [4.69, 9.17) is 5.73 Å². The predicted molar refractivity (Wildman–Crippen MR) is 61.3 cm³/mol. The van der Waals surface area contributed by atoms with Crippen LogP contribution >= 0.6 is 0 Å². The van der Waals surface area contributed by atoms with Crippen molar-refractivity contribution in [1.29, 1.82) is 0 Å². The quantitative estimate of drug-likeness (QED) is 0.670. The fraction of sp³-hybridized carbons (Fsp3) is 0.818. The van der Waals surface area contributed by atoms with Crippen molar-refractivity contribution in [2.75, 3.05) is 33.2 Å². The molecule has 1 rings (SSSR count). The molecule has 2 N–H and O–H groups in total. The fourth-order valence-electron chi connectivity index (χ4n) is 2.04. The average Bonchev–Trinajstić information content (AvgIpc) is 2.31. The Morgan fingerprint density at radius 3 is 2.86 bits per heavy atom. The van der Waals surface area contributed by atoms with Crippen molar-refractivity contribution in [3.8, 4) is 0 Å². The first-order chi connectivity index (χ1) is 6.69. The van der Waals surface area contributed by atoms with Gasteiger partial charge in [-0.2, -0.15) is 0 Å². The Morgan fingerprint density at radius 1 is 1.57 bits per heavy atom. The lowest BCUT2D eigenvalue weighted by molar-refractivity contribution is 0.184. The van der Waals surface area contributed by atoms with Crippen LogP contribution in [0.1, 0.15) is 13.3 Å². The van der Waals surface area contributed by atoms with E-state index in [1.807, 2.05) is 6.08 Å². The third-order valence-corrected chi connectivity index (χ3v) is 3.26. The molecule has 0 aromatic heterocycles. The molecular weight excluding hydrogens is 174 g/mol. The van der Waals surface area contributed by atoms with E-state index in [9.17, 15) is 0 Å². The molecule has 1 fully saturated rings. The molecule has 2 unspecified atom stereocenters. The minimum absolute atomic E-state index is 0.493. The second-order valence-corrected chi connectivity index (χ2v) is 4.24. The van der Waals surface area contributed by atoms with Gasteiger partial charge in [0.1, 0.15) is 0 Å². The largest absolute Gasteiger partial charge is 0.329 e. The maximum Gasteiger partial charge on any atom is 0.0345 e. The fourth-order valence-corrected chi connectivity index (χ4v) is 2.04. The summed E-state index contributed by atoms with van der Waals surface area (Å²) in [5, 5.41) is 0. The topological polar surface area (TPSA) is 32.5 Å². The van der Waals surface area contributed by atoms with Crippen molar-refractivity contribution in [3.63, 3.8) is 0 Å². The molecule has 3 heteroatoms. The van der Waals surface area contributed by atoms with E-state index in [1.54, 1.807) is 0 Å². The zero-order valence-electron chi connectivity index (χ0n) is 9.45. The summed E-state index contributed by atoms with van der Waals surface area (Å²) >= 11 is 0. The van der Waals surface area contributed by atoms with E-state index in [-0.39, 0.29) is 0 Å². The molecule has 0 aromatic carbocycles. The van der Waals surface area contributed by atoms with Gasteiger partial charge in [-0.3, -0.25) is 9.80 Å². The zero-order valence-corrected chi connectivity index (χ0v) is 9.45. The van der Waals surface area contributed by atoms with Gasteiger partial charge in [0.15, 0.2) is 0 Å². The molecule has 1 saturated heterocycles. The Bertz CT molecular complexity index is 181. The van der Waals surface area contributed by atoms with Crippen molar-refractivity contribution in [2.45, 2.75) is 25.4 Å². The van der Waals surface area contributed by atoms with Crippen LogP contribution in [0.5, 0.6) is 0 Å². The van der Waals surface area contributed by atoms with Gasteiger partial charge in [0, 0.05) is 38.3 Å². The Hall–Kier alpha value is -0.380. The van der Waals surface area contributed by atoms with Crippen LogP contribution in [-0.2, 0) is 0 Å². The van der Waals surface area contributed by atoms with Crippen molar-refractivity contribution < 1.29 is 0 Å². The lowest BCUT2D eigenvalue weighted by Gasteiger charge is -2.30. The van der Waals surface area contributed by atoms with E-state index in [0.717, 1.165) is 26.2 Å². The van der Waals surface area contributed by atoms with Crippen molar-refractivity contribution in [3.05, 3.63) is 12.7 Å². The van der Waals surface area contributed by atoms with Gasteiger partial charge in [0.25, 0.3) is 0 Å². The van der Waals surface area contributed by atoms with E-state index in [2.05, 4.69) is 30.4 Å². The summed E-state index contributed by atoms with van der Waals surface area (Å²) < 4.78 is 0. The Labute approximate surface area is 87.6 Å². The Kier molecular flexibility index (Phi) is 4.58. The summed E-state index contributed by atoms with van der Waals surface area (Å²) in [6.07, 6.45) is 3.20. The molecule has 0 amide bonds. The van der Waals surface area contributed by atoms with Crippen LogP contribution in [0.15, 0.2) is 12.7 Å². The lowest BCUT2D eigenvalue weighted by atomic mass is 10.2. The third-order valence-electron chi connectivity index (χ3n) is 3.26. The summed E-state index contributed by atoms with van der Waals surface area (Å²) in [5.74, 6) is 0. The van der Waals surface area contributed by atoms with E-state index >= 15 is 0 Å². The molecule has 14 heavy (non-hydrogen) atoms. The molecule has 82 valence electrons. The van der Waals surface area contributed by atoms with Crippen LogP contribution in [0.2, 0.25) is 0 Å². The second kappa shape index (κ2) is 5.49. The van der Waals surface area contributed by atoms with Gasteiger partial charge < -0.3 is 5.73 Å². The van der Waals surface area contributed by atoms with Gasteiger partial charge in [0.2, 0.25) is 0 Å². The summed E-state index contributed by atoms with van der Waals surface area (Å²) in [6.45, 7) is 10.0. The number of nitrogens with zero attached hydrogens (tertiary/aromatic N) is 2. The second-order valence-electron chi connectivity index (χ2n) is 4.24. The molecule has 0 aliphatic carbocycles. The zero-order chi connectivity index (χ0) is 10.6. The highest BCUT2D eigenvalue weighted by atomic mass is 15.2. The molecular formula is C11H23N3. The summed E-state index contributed by atoms with van der Waals surface area (Å²) in [7, 11) is 2.18. The maximum atomic E-state index is 5.79. The first-order valence-corrected chi connectivity index (χ1v) is 5.44. The van der Waals surface area contributed by atoms with Gasteiger partial charge in [-0.15, -0.1) is 6.58 Å². The van der Waals surface area contributed by atoms with E-state index in [1.165, 1.54) is 6.42 Å². The van der Waals surface area contributed by atoms with Crippen LogP contribution < -0.4 is 5.73 Å². The number of nitrogens with two attached hydrogens (primary N) is 1. The molecule has 0 radical (unpaired) electrons. The normalized spacial score (nSPS) is 31.4. The Balaban J connectivity index is 2.59. The van der Waals surface area contributed by atoms with Crippen molar-refractivity contribution >= 4 is 0 Å². The average molecular weight is 197 g/mol. The molecule has 1 heterocycles. The van der Waals surface area contributed by atoms with Crippen LogP contribution in [-0.4, -0.2) is 55.1 Å². The molecule has 0 saturated carbocycles. The van der Waals surface area contributed by atoms with Crippen LogP contribution in [0.3, 0.4) is 0 Å². The first kappa shape index (κ1) is 11.7. The van der Waals surface area contributed by atoms with Crippen LogP contribution in [0.25, 0.3) is 0 Å². The number of hydrogen-bond donors (Lipinski definition) is 1. The molecule has 0 bridgehead atoms. The SMILES string of the molecule is C=CCN1CCC(C)N(C)C(CN)C1. The summed E-state index contributed by atoms with van der Waals surface area (Å²) in [5.41, 5.74) is 5.79. The number of rotatable bonds is 3. The predicted octanol–water partition coefficient (Wildman–Crippen LogP) is 0.526. The molecule has 1 aliphatic rings. The first-order valence-electron chi connectivity index (χ1n) is 5.44. The number of hydrogen-bond acceptors (Lipinski definition) is 3. The maximum absolute atomic E-state index is 5.79. The minimum Gasteiger partial charge on any atom is -0.329 e. The van der Waals surface area contributed by atoms with Crippen LogP contribution in [0, 0.1) is 0 Å². The highest BCUT2D eigenvalue weighted by Crippen LogP contribution is 2.13. The smallest absolute Gasteiger partial charge is 0.0345 e. The molecule has 2 atom stereocenters. The molecule has 1 aliphatic heterocycles. The molecule has 0 aromatic rings. The van der Waals surface area contributed by atoms with Gasteiger partial charge in [-0.05, 0) is 20.4 Å². The van der Waals surface area contributed by atoms with Gasteiger partial charge >= 0.3 is 0 Å². The van der Waals surface area contributed by atoms with E-state index < -0.39 is 0 Å². The molecule has 3 nitrogen and oxygen atoms in total. The Morgan fingerprint density at radius 2 is 2.29 bits per heavy atom. The highest BCUT2D eigenvalue weighted by Gasteiger charge is 2.24. The van der Waals surface area contributed by atoms with Crippen LogP contribution in [0.4, 0.5) is 0 Å². The van der Waals surface area contributed by atoms with E-state index in [0.29, 0.717) is 12.1 Å². The van der Waals surface area contributed by atoms with Gasteiger partial charge in [-0.1, -0.05) is 6.08 Å². The summed E-state index contributed by atoms with van der Waals surface area (Å²) in [6, 6.07) is 1.13. The lowest BCUT2D eigenvalue weighted by Crippen LogP contribution is -2.46. The third kappa shape index (κ3) is 2.80. The van der Waals surface area contributed by atoms with Crippen molar-refractivity contribution in [1.82, 2.24) is 9.80 Å². The standard InChI is InChI=1S/C11H23N3/c1-4-6-14-7-5-10(2)13(3)11(8-12)9-14/h4,10-11H,1,5-9,12H2,2-3H3. The van der Waals surface area contributed by atoms with Gasteiger partial charge in [0.05, 0.1) is 0 Å². The molecule has 0 spiro atoms. The summed E-state index contributed by atoms with van der Waals surface area (Å²) in [4.78, 5) is 4.84. The highest BCUT2D eigenvalue weighted by molar-refractivity contribution is 4.85. The van der Waals surface area contributed by atoms with Gasteiger partial charge in [-0.25, -0.2) is 0 Å². The minimum atomic E-state index is 0.493. The van der Waals surface area contributed by atoms with Crippen molar-refractivity contribution in [2.24, 2.45) is 5.73 Å². The monoisotopic (exact) mass is 197 g/mol. The number of likely N-dealkylation sites (N-methyl/N-ethyl adjacent to an activating group) is 1.